The molecule has 0 amide bonds. The van der Waals surface area contributed by atoms with E-state index in [1.165, 1.54) is 26.0 Å². The Hall–Kier alpha value is -1.07. The average molecular weight is 283 g/mol. The van der Waals surface area contributed by atoms with Crippen molar-refractivity contribution < 1.29 is 13.9 Å². The van der Waals surface area contributed by atoms with Gasteiger partial charge in [0.05, 0.1) is 13.5 Å². The van der Waals surface area contributed by atoms with Gasteiger partial charge in [-0.05, 0) is 36.6 Å². The maximum atomic E-state index is 13.3. The lowest BCUT2D eigenvalue weighted by molar-refractivity contribution is -0.140. The summed E-state index contributed by atoms with van der Waals surface area (Å²) in [4.78, 5) is 12.1. The second-order valence-electron chi connectivity index (χ2n) is 4.58. The van der Waals surface area contributed by atoms with Crippen LogP contribution in [0.1, 0.15) is 24.8 Å². The first-order valence-corrected chi connectivity index (χ1v) is 7.39. The molecule has 3 nitrogen and oxygen atoms in total. The lowest BCUT2D eigenvalue weighted by atomic mass is 10.2. The summed E-state index contributed by atoms with van der Waals surface area (Å²) in [7, 11) is 1.38. The number of nitrogens with one attached hydrogen (secondary N) is 1. The number of carbonyl (C=O) groups excluding carboxylic acids is 1. The molecule has 1 aromatic carbocycles. The summed E-state index contributed by atoms with van der Waals surface area (Å²) in [5, 5.41) is 3.38. The first kappa shape index (κ1) is 14.3. The molecule has 0 aliphatic heterocycles. The third-order valence-corrected chi connectivity index (χ3v) is 4.09. The maximum absolute atomic E-state index is 13.3. The van der Waals surface area contributed by atoms with E-state index in [0.717, 1.165) is 10.5 Å². The van der Waals surface area contributed by atoms with Gasteiger partial charge in [0.2, 0.25) is 0 Å². The van der Waals surface area contributed by atoms with Crippen molar-refractivity contribution in [3.8, 4) is 0 Å². The third kappa shape index (κ3) is 4.84. The molecule has 104 valence electrons. The molecule has 0 aromatic heterocycles. The van der Waals surface area contributed by atoms with Crippen molar-refractivity contribution in [2.24, 2.45) is 0 Å². The number of rotatable bonds is 7. The summed E-state index contributed by atoms with van der Waals surface area (Å²) < 4.78 is 17.9. The highest BCUT2D eigenvalue weighted by molar-refractivity contribution is 7.99. The molecule has 1 N–H and O–H groups in total. The van der Waals surface area contributed by atoms with Gasteiger partial charge in [0.25, 0.3) is 0 Å². The Kier molecular flexibility index (Phi) is 5.22. The standard InChI is InChI=1S/C14H18FNO2S/c1-18-14(17)6-7-19-13-5-2-11(15)8-10(13)9-16-12-3-4-12/h2,5,8,12,16H,3-4,6-7,9H2,1H3. The zero-order valence-corrected chi connectivity index (χ0v) is 11.8. The summed E-state index contributed by atoms with van der Waals surface area (Å²) in [5.41, 5.74) is 0.960. The van der Waals surface area contributed by atoms with Crippen LogP contribution in [-0.4, -0.2) is 24.9 Å². The Morgan fingerprint density at radius 3 is 3.00 bits per heavy atom. The predicted molar refractivity (Wildman–Crippen MR) is 73.6 cm³/mol. The van der Waals surface area contributed by atoms with Crippen LogP contribution in [0.25, 0.3) is 0 Å². The van der Waals surface area contributed by atoms with Crippen LogP contribution in [0.3, 0.4) is 0 Å². The fourth-order valence-corrected chi connectivity index (χ4v) is 2.68. The van der Waals surface area contributed by atoms with Crippen molar-refractivity contribution in [1.82, 2.24) is 5.32 Å². The molecule has 1 aliphatic rings. The quantitative estimate of drug-likeness (QED) is 0.617. The molecular weight excluding hydrogens is 265 g/mol. The number of esters is 1. The van der Waals surface area contributed by atoms with Crippen molar-refractivity contribution >= 4 is 17.7 Å². The fraction of sp³-hybridized carbons (Fsp3) is 0.500. The zero-order chi connectivity index (χ0) is 13.7. The van der Waals surface area contributed by atoms with Crippen molar-refractivity contribution in [3.05, 3.63) is 29.6 Å². The minimum Gasteiger partial charge on any atom is -0.469 e. The first-order chi connectivity index (χ1) is 9.19. The summed E-state index contributed by atoms with van der Waals surface area (Å²) in [6, 6.07) is 5.40. The molecule has 1 aromatic rings. The molecule has 0 saturated heterocycles. The van der Waals surface area contributed by atoms with Gasteiger partial charge in [-0.25, -0.2) is 4.39 Å². The van der Waals surface area contributed by atoms with Crippen LogP contribution in [0.4, 0.5) is 4.39 Å². The maximum Gasteiger partial charge on any atom is 0.306 e. The highest BCUT2D eigenvalue weighted by Gasteiger charge is 2.20. The normalized spacial score (nSPS) is 14.4. The van der Waals surface area contributed by atoms with Crippen LogP contribution in [0.5, 0.6) is 0 Å². The summed E-state index contributed by atoms with van der Waals surface area (Å²) in [6.45, 7) is 0.684. The SMILES string of the molecule is COC(=O)CCSc1ccc(F)cc1CNC1CC1. The number of thioether (sulfide) groups is 1. The Morgan fingerprint density at radius 1 is 1.53 bits per heavy atom. The second kappa shape index (κ2) is 6.91. The van der Waals surface area contributed by atoms with Crippen molar-refractivity contribution in [3.63, 3.8) is 0 Å². The highest BCUT2D eigenvalue weighted by Crippen LogP contribution is 2.26. The van der Waals surface area contributed by atoms with Gasteiger partial charge in [-0.1, -0.05) is 0 Å². The number of carbonyl (C=O) groups is 1. The number of benzene rings is 1. The highest BCUT2D eigenvalue weighted by atomic mass is 32.2. The average Bonchev–Trinajstić information content (AvgIpc) is 3.22. The van der Waals surface area contributed by atoms with Gasteiger partial charge in [-0.2, -0.15) is 0 Å². The first-order valence-electron chi connectivity index (χ1n) is 6.40. The van der Waals surface area contributed by atoms with Crippen LogP contribution in [0.2, 0.25) is 0 Å². The second-order valence-corrected chi connectivity index (χ2v) is 5.72. The molecule has 0 spiro atoms. The van der Waals surface area contributed by atoms with Gasteiger partial charge >= 0.3 is 5.97 Å². The minimum absolute atomic E-state index is 0.215. The molecule has 1 saturated carbocycles. The van der Waals surface area contributed by atoms with Crippen LogP contribution in [0.15, 0.2) is 23.1 Å². The third-order valence-electron chi connectivity index (χ3n) is 2.97. The van der Waals surface area contributed by atoms with Crippen LogP contribution < -0.4 is 5.32 Å². The predicted octanol–water partition coefficient (Wildman–Crippen LogP) is 2.73. The minimum atomic E-state index is -0.218. The molecule has 19 heavy (non-hydrogen) atoms. The van der Waals surface area contributed by atoms with E-state index in [9.17, 15) is 9.18 Å². The number of hydrogen-bond acceptors (Lipinski definition) is 4. The molecular formula is C14H18FNO2S. The van der Waals surface area contributed by atoms with E-state index in [1.54, 1.807) is 23.9 Å². The van der Waals surface area contributed by atoms with E-state index in [-0.39, 0.29) is 11.8 Å². The van der Waals surface area contributed by atoms with E-state index >= 15 is 0 Å². The summed E-state index contributed by atoms with van der Waals surface area (Å²) in [6.07, 6.45) is 2.79. The van der Waals surface area contributed by atoms with E-state index in [1.807, 2.05) is 0 Å². The smallest absolute Gasteiger partial charge is 0.306 e. The lowest BCUT2D eigenvalue weighted by Gasteiger charge is -2.10. The molecule has 2 rings (SSSR count). The monoisotopic (exact) mass is 283 g/mol. The molecule has 0 heterocycles. The number of ether oxygens (including phenoxy) is 1. The lowest BCUT2D eigenvalue weighted by Crippen LogP contribution is -2.16. The Labute approximate surface area is 116 Å². The largest absolute Gasteiger partial charge is 0.469 e. The van der Waals surface area contributed by atoms with Crippen molar-refractivity contribution in [2.75, 3.05) is 12.9 Å². The van der Waals surface area contributed by atoms with Crippen LogP contribution in [0, 0.1) is 5.82 Å². The van der Waals surface area contributed by atoms with Gasteiger partial charge in [-0.3, -0.25) is 4.79 Å². The van der Waals surface area contributed by atoms with E-state index in [0.29, 0.717) is 24.8 Å². The van der Waals surface area contributed by atoms with E-state index in [2.05, 4.69) is 10.1 Å². The van der Waals surface area contributed by atoms with Gasteiger partial charge < -0.3 is 10.1 Å². The van der Waals surface area contributed by atoms with E-state index < -0.39 is 0 Å². The number of methoxy groups -OCH3 is 1. The molecule has 1 fully saturated rings. The Morgan fingerprint density at radius 2 is 2.32 bits per heavy atom. The number of hydrogen-bond donors (Lipinski definition) is 1. The summed E-state index contributed by atoms with van der Waals surface area (Å²) in [5.74, 6) is 0.214. The number of halogens is 1. The van der Waals surface area contributed by atoms with E-state index in [4.69, 9.17) is 0 Å². The molecule has 0 radical (unpaired) electrons. The zero-order valence-electron chi connectivity index (χ0n) is 10.9. The fourth-order valence-electron chi connectivity index (χ4n) is 1.72. The van der Waals surface area contributed by atoms with Crippen molar-refractivity contribution in [2.45, 2.75) is 36.7 Å². The molecule has 0 unspecified atom stereocenters. The van der Waals surface area contributed by atoms with Gasteiger partial charge in [-0.15, -0.1) is 11.8 Å². The molecule has 0 bridgehead atoms. The van der Waals surface area contributed by atoms with Gasteiger partial charge in [0.1, 0.15) is 5.82 Å². The Balaban J connectivity index is 1.91. The molecule has 1 aliphatic carbocycles. The molecule has 0 atom stereocenters. The Bertz CT molecular complexity index is 449. The topological polar surface area (TPSA) is 38.3 Å². The molecule has 5 heteroatoms. The van der Waals surface area contributed by atoms with Crippen LogP contribution in [-0.2, 0) is 16.1 Å². The van der Waals surface area contributed by atoms with Crippen LogP contribution >= 0.6 is 11.8 Å². The van der Waals surface area contributed by atoms with Crippen molar-refractivity contribution in [1.29, 1.82) is 0 Å². The van der Waals surface area contributed by atoms with Gasteiger partial charge in [0, 0.05) is 23.2 Å². The van der Waals surface area contributed by atoms with Gasteiger partial charge in [0.15, 0.2) is 0 Å². The summed E-state index contributed by atoms with van der Waals surface area (Å²) >= 11 is 1.56.